The molecule has 1 atom stereocenters. The van der Waals surface area contributed by atoms with Gasteiger partial charge in [-0.05, 0) is 18.3 Å². The summed E-state index contributed by atoms with van der Waals surface area (Å²) in [7, 11) is 0. The van der Waals surface area contributed by atoms with Crippen LogP contribution in [0.3, 0.4) is 0 Å². The van der Waals surface area contributed by atoms with Crippen molar-refractivity contribution in [2.45, 2.75) is 34.6 Å². The van der Waals surface area contributed by atoms with Crippen LogP contribution in [0.25, 0.3) is 0 Å². The molecule has 0 radical (unpaired) electrons. The SMILES string of the molecule is Cc1nc(N)cc(NCC(C)C(C)(C)C)n1. The van der Waals surface area contributed by atoms with Crippen LogP contribution in [0.1, 0.15) is 33.5 Å². The molecule has 4 nitrogen and oxygen atoms in total. The van der Waals surface area contributed by atoms with E-state index in [2.05, 4.69) is 43.0 Å². The van der Waals surface area contributed by atoms with E-state index in [9.17, 15) is 0 Å². The first-order valence-electron chi connectivity index (χ1n) is 5.64. The Kier molecular flexibility index (Phi) is 3.73. The van der Waals surface area contributed by atoms with Crippen molar-refractivity contribution in [3.05, 3.63) is 11.9 Å². The summed E-state index contributed by atoms with van der Waals surface area (Å²) >= 11 is 0. The first-order chi connectivity index (χ1) is 7.29. The molecule has 1 aromatic rings. The third kappa shape index (κ3) is 3.68. The zero-order valence-corrected chi connectivity index (χ0v) is 10.8. The second-order valence-electron chi connectivity index (χ2n) is 5.37. The molecule has 0 amide bonds. The van der Waals surface area contributed by atoms with Gasteiger partial charge in [-0.15, -0.1) is 0 Å². The number of hydrogen-bond acceptors (Lipinski definition) is 4. The fourth-order valence-corrected chi connectivity index (χ4v) is 1.25. The van der Waals surface area contributed by atoms with Crippen LogP contribution < -0.4 is 11.1 Å². The van der Waals surface area contributed by atoms with Crippen LogP contribution in [0.2, 0.25) is 0 Å². The van der Waals surface area contributed by atoms with Crippen molar-refractivity contribution in [2.24, 2.45) is 11.3 Å². The first-order valence-corrected chi connectivity index (χ1v) is 5.64. The lowest BCUT2D eigenvalue weighted by molar-refractivity contribution is 0.274. The first kappa shape index (κ1) is 12.7. The van der Waals surface area contributed by atoms with Gasteiger partial charge in [-0.1, -0.05) is 27.7 Å². The Morgan fingerprint density at radius 1 is 1.38 bits per heavy atom. The minimum Gasteiger partial charge on any atom is -0.384 e. The maximum atomic E-state index is 5.66. The number of aromatic nitrogens is 2. The molecule has 0 bridgehead atoms. The molecule has 0 aliphatic carbocycles. The van der Waals surface area contributed by atoms with Gasteiger partial charge in [-0.25, -0.2) is 9.97 Å². The van der Waals surface area contributed by atoms with Crippen molar-refractivity contribution < 1.29 is 0 Å². The molecule has 0 saturated carbocycles. The highest BCUT2D eigenvalue weighted by Gasteiger charge is 2.19. The van der Waals surface area contributed by atoms with Gasteiger partial charge in [0.2, 0.25) is 0 Å². The molecule has 1 unspecified atom stereocenters. The predicted molar refractivity (Wildman–Crippen MR) is 68.3 cm³/mol. The standard InChI is InChI=1S/C12H22N4/c1-8(12(3,4)5)7-14-11-6-10(13)15-9(2)16-11/h6,8H,7H2,1-5H3,(H3,13,14,15,16). The van der Waals surface area contributed by atoms with Gasteiger partial charge in [0.05, 0.1) is 0 Å². The number of aryl methyl sites for hydroxylation is 1. The second-order valence-corrected chi connectivity index (χ2v) is 5.37. The highest BCUT2D eigenvalue weighted by molar-refractivity contribution is 5.44. The fourth-order valence-electron chi connectivity index (χ4n) is 1.25. The van der Waals surface area contributed by atoms with Crippen molar-refractivity contribution in [1.82, 2.24) is 9.97 Å². The number of nitrogens with two attached hydrogens (primary N) is 1. The van der Waals surface area contributed by atoms with Crippen LogP contribution in [0.15, 0.2) is 6.07 Å². The van der Waals surface area contributed by atoms with E-state index in [-0.39, 0.29) is 0 Å². The van der Waals surface area contributed by atoms with E-state index in [0.717, 1.165) is 12.4 Å². The average Bonchev–Trinajstić information content (AvgIpc) is 2.11. The summed E-state index contributed by atoms with van der Waals surface area (Å²) in [5.41, 5.74) is 5.95. The number of hydrogen-bond donors (Lipinski definition) is 2. The number of nitrogens with zero attached hydrogens (tertiary/aromatic N) is 2. The van der Waals surface area contributed by atoms with Crippen LogP contribution in [0.5, 0.6) is 0 Å². The lowest BCUT2D eigenvalue weighted by atomic mass is 9.82. The van der Waals surface area contributed by atoms with E-state index in [1.807, 2.05) is 6.92 Å². The van der Waals surface area contributed by atoms with E-state index in [4.69, 9.17) is 5.73 Å². The number of nitrogen functional groups attached to an aromatic ring is 1. The van der Waals surface area contributed by atoms with Gasteiger partial charge in [0, 0.05) is 12.6 Å². The van der Waals surface area contributed by atoms with Crippen molar-refractivity contribution in [1.29, 1.82) is 0 Å². The lowest BCUT2D eigenvalue weighted by Crippen LogP contribution is -2.25. The molecular formula is C12H22N4. The zero-order chi connectivity index (χ0) is 12.3. The van der Waals surface area contributed by atoms with Gasteiger partial charge in [-0.3, -0.25) is 0 Å². The summed E-state index contributed by atoms with van der Waals surface area (Å²) in [5.74, 6) is 2.58. The minimum absolute atomic E-state index is 0.292. The Balaban J connectivity index is 2.61. The van der Waals surface area contributed by atoms with Crippen molar-refractivity contribution in [3.63, 3.8) is 0 Å². The highest BCUT2D eigenvalue weighted by atomic mass is 15.0. The monoisotopic (exact) mass is 222 g/mol. The van der Waals surface area contributed by atoms with E-state index in [1.54, 1.807) is 6.07 Å². The van der Waals surface area contributed by atoms with E-state index < -0.39 is 0 Å². The average molecular weight is 222 g/mol. The van der Waals surface area contributed by atoms with Crippen LogP contribution in [-0.2, 0) is 0 Å². The van der Waals surface area contributed by atoms with E-state index in [1.165, 1.54) is 0 Å². The highest BCUT2D eigenvalue weighted by Crippen LogP contribution is 2.25. The van der Waals surface area contributed by atoms with Gasteiger partial charge in [0.15, 0.2) is 0 Å². The van der Waals surface area contributed by atoms with Gasteiger partial charge < -0.3 is 11.1 Å². The van der Waals surface area contributed by atoms with Crippen LogP contribution >= 0.6 is 0 Å². The van der Waals surface area contributed by atoms with Crippen molar-refractivity contribution in [2.75, 3.05) is 17.6 Å². The maximum absolute atomic E-state index is 5.66. The van der Waals surface area contributed by atoms with Crippen LogP contribution in [-0.4, -0.2) is 16.5 Å². The predicted octanol–water partition coefficient (Wildman–Crippen LogP) is 2.46. The molecule has 90 valence electrons. The molecule has 0 saturated heterocycles. The Hall–Kier alpha value is -1.32. The molecule has 1 heterocycles. The Morgan fingerprint density at radius 2 is 2.00 bits per heavy atom. The van der Waals surface area contributed by atoms with Gasteiger partial charge in [-0.2, -0.15) is 0 Å². The Morgan fingerprint density at radius 3 is 2.50 bits per heavy atom. The van der Waals surface area contributed by atoms with Crippen molar-refractivity contribution in [3.8, 4) is 0 Å². The summed E-state index contributed by atoms with van der Waals surface area (Å²) < 4.78 is 0. The summed E-state index contributed by atoms with van der Waals surface area (Å²) in [5, 5.41) is 3.30. The van der Waals surface area contributed by atoms with Crippen molar-refractivity contribution >= 4 is 11.6 Å². The van der Waals surface area contributed by atoms with Gasteiger partial charge in [0.1, 0.15) is 17.5 Å². The van der Waals surface area contributed by atoms with E-state index >= 15 is 0 Å². The van der Waals surface area contributed by atoms with Crippen LogP contribution in [0.4, 0.5) is 11.6 Å². The molecule has 0 aliphatic heterocycles. The molecule has 16 heavy (non-hydrogen) atoms. The molecule has 0 aromatic carbocycles. The number of rotatable bonds is 3. The zero-order valence-electron chi connectivity index (χ0n) is 10.8. The molecule has 0 spiro atoms. The Labute approximate surface area is 97.7 Å². The summed E-state index contributed by atoms with van der Waals surface area (Å²) in [6, 6.07) is 1.77. The summed E-state index contributed by atoms with van der Waals surface area (Å²) in [6.07, 6.45) is 0. The summed E-state index contributed by atoms with van der Waals surface area (Å²) in [6.45, 7) is 11.7. The van der Waals surface area contributed by atoms with Crippen LogP contribution in [0, 0.1) is 18.3 Å². The maximum Gasteiger partial charge on any atom is 0.131 e. The molecule has 3 N–H and O–H groups in total. The normalized spacial score (nSPS) is 13.6. The number of anilines is 2. The quantitative estimate of drug-likeness (QED) is 0.824. The van der Waals surface area contributed by atoms with Gasteiger partial charge in [0.25, 0.3) is 0 Å². The molecule has 4 heteroatoms. The third-order valence-electron chi connectivity index (χ3n) is 2.93. The second kappa shape index (κ2) is 4.68. The molecule has 0 aliphatic rings. The number of nitrogens with one attached hydrogen (secondary N) is 1. The lowest BCUT2D eigenvalue weighted by Gasteiger charge is -2.27. The van der Waals surface area contributed by atoms with E-state index in [0.29, 0.717) is 23.0 Å². The minimum atomic E-state index is 0.292. The fraction of sp³-hybridized carbons (Fsp3) is 0.667. The molecular weight excluding hydrogens is 200 g/mol. The van der Waals surface area contributed by atoms with Gasteiger partial charge >= 0.3 is 0 Å². The smallest absolute Gasteiger partial charge is 0.131 e. The molecule has 1 rings (SSSR count). The molecule has 1 aromatic heterocycles. The third-order valence-corrected chi connectivity index (χ3v) is 2.93. The summed E-state index contributed by atoms with van der Waals surface area (Å²) in [4.78, 5) is 8.32. The Bertz CT molecular complexity index is 334. The molecule has 0 fully saturated rings. The largest absolute Gasteiger partial charge is 0.384 e. The topological polar surface area (TPSA) is 63.8 Å².